The molecule has 0 amide bonds. The molecule has 0 bridgehead atoms. The lowest BCUT2D eigenvalue weighted by molar-refractivity contribution is -0.119. The maximum atomic E-state index is 13.9. The normalized spacial score (nSPS) is 30.6. The number of nitrogens with zero attached hydrogens (tertiary/aromatic N) is 2. The number of ether oxygens (including phenoxy) is 1. The Kier molecular flexibility index (Phi) is 3.05. The summed E-state index contributed by atoms with van der Waals surface area (Å²) in [6.07, 6.45) is -1.74. The monoisotopic (exact) mass is 261 g/mol. The molecule has 9 heteroatoms. The Bertz CT molecular complexity index is 506. The fourth-order valence-corrected chi connectivity index (χ4v) is 1.81. The SMILES string of the molecule is NCC1OC(n2ccc(N)nc2=O)C(F)(F)[C@@H]1N. The van der Waals surface area contributed by atoms with E-state index >= 15 is 0 Å². The average molecular weight is 261 g/mol. The quantitative estimate of drug-likeness (QED) is 0.604. The van der Waals surface area contributed by atoms with Crippen LogP contribution >= 0.6 is 0 Å². The molecule has 0 spiro atoms. The number of hydrogen-bond acceptors (Lipinski definition) is 6. The molecule has 6 N–H and O–H groups in total. The minimum Gasteiger partial charge on any atom is -0.383 e. The molecule has 1 aliphatic rings. The number of aromatic nitrogens is 2. The van der Waals surface area contributed by atoms with E-state index in [0.29, 0.717) is 4.57 Å². The van der Waals surface area contributed by atoms with Gasteiger partial charge in [0.25, 0.3) is 0 Å². The van der Waals surface area contributed by atoms with Crippen molar-refractivity contribution in [3.8, 4) is 0 Å². The molecular formula is C9H13F2N5O2. The second-order valence-electron chi connectivity index (χ2n) is 4.01. The summed E-state index contributed by atoms with van der Waals surface area (Å²) in [5.74, 6) is -3.47. The number of rotatable bonds is 2. The van der Waals surface area contributed by atoms with Gasteiger partial charge in [0.1, 0.15) is 11.9 Å². The number of alkyl halides is 2. The van der Waals surface area contributed by atoms with Crippen molar-refractivity contribution in [3.63, 3.8) is 0 Å². The van der Waals surface area contributed by atoms with Crippen molar-refractivity contribution in [3.05, 3.63) is 22.7 Å². The van der Waals surface area contributed by atoms with Crippen molar-refractivity contribution < 1.29 is 13.5 Å². The lowest BCUT2D eigenvalue weighted by Gasteiger charge is -2.21. The van der Waals surface area contributed by atoms with Crippen LogP contribution in [0.25, 0.3) is 0 Å². The van der Waals surface area contributed by atoms with Crippen molar-refractivity contribution in [1.29, 1.82) is 0 Å². The first-order chi connectivity index (χ1) is 8.37. The molecule has 1 saturated heterocycles. The van der Waals surface area contributed by atoms with Crippen LogP contribution in [0.15, 0.2) is 17.1 Å². The van der Waals surface area contributed by atoms with Gasteiger partial charge in [-0.25, -0.2) is 4.79 Å². The van der Waals surface area contributed by atoms with Gasteiger partial charge in [0, 0.05) is 12.7 Å². The summed E-state index contributed by atoms with van der Waals surface area (Å²) in [6, 6.07) is -0.348. The van der Waals surface area contributed by atoms with E-state index in [-0.39, 0.29) is 12.4 Å². The van der Waals surface area contributed by atoms with Crippen LogP contribution in [-0.2, 0) is 4.74 Å². The Morgan fingerprint density at radius 1 is 1.56 bits per heavy atom. The molecule has 0 aliphatic carbocycles. The molecule has 0 saturated carbocycles. The van der Waals surface area contributed by atoms with Gasteiger partial charge in [-0.2, -0.15) is 13.8 Å². The third kappa shape index (κ3) is 1.85. The van der Waals surface area contributed by atoms with Gasteiger partial charge in [0.15, 0.2) is 0 Å². The summed E-state index contributed by atoms with van der Waals surface area (Å²) in [5, 5.41) is 0. The van der Waals surface area contributed by atoms with E-state index in [1.807, 2.05) is 0 Å². The highest BCUT2D eigenvalue weighted by Crippen LogP contribution is 2.40. The number of hydrogen-bond donors (Lipinski definition) is 3. The number of anilines is 1. The van der Waals surface area contributed by atoms with Gasteiger partial charge in [-0.1, -0.05) is 0 Å². The zero-order valence-corrected chi connectivity index (χ0v) is 9.29. The first kappa shape index (κ1) is 12.9. The van der Waals surface area contributed by atoms with E-state index in [0.717, 1.165) is 6.20 Å². The minimum atomic E-state index is -3.41. The molecule has 2 rings (SSSR count). The highest BCUT2D eigenvalue weighted by molar-refractivity contribution is 5.23. The molecule has 3 atom stereocenters. The molecule has 0 radical (unpaired) electrons. The van der Waals surface area contributed by atoms with Gasteiger partial charge in [0.05, 0.1) is 6.10 Å². The summed E-state index contributed by atoms with van der Waals surface area (Å²) < 4.78 is 33.4. The zero-order chi connectivity index (χ0) is 13.5. The summed E-state index contributed by atoms with van der Waals surface area (Å²) in [5.41, 5.74) is 15.0. The average Bonchev–Trinajstić information content (AvgIpc) is 2.52. The van der Waals surface area contributed by atoms with Crippen molar-refractivity contribution in [1.82, 2.24) is 9.55 Å². The first-order valence-electron chi connectivity index (χ1n) is 5.21. The van der Waals surface area contributed by atoms with E-state index in [1.54, 1.807) is 0 Å². The van der Waals surface area contributed by atoms with Gasteiger partial charge in [-0.05, 0) is 6.07 Å². The fraction of sp³-hybridized carbons (Fsp3) is 0.556. The Morgan fingerprint density at radius 2 is 2.22 bits per heavy atom. The van der Waals surface area contributed by atoms with Crippen molar-refractivity contribution in [2.75, 3.05) is 12.3 Å². The molecule has 0 aromatic carbocycles. The van der Waals surface area contributed by atoms with Crippen molar-refractivity contribution in [2.45, 2.75) is 24.3 Å². The van der Waals surface area contributed by atoms with E-state index in [2.05, 4.69) is 4.98 Å². The van der Waals surface area contributed by atoms with Gasteiger partial charge in [0.2, 0.25) is 6.23 Å². The van der Waals surface area contributed by atoms with Crippen molar-refractivity contribution in [2.24, 2.45) is 11.5 Å². The molecule has 1 aliphatic heterocycles. The topological polar surface area (TPSA) is 122 Å². The summed E-state index contributed by atoms with van der Waals surface area (Å²) in [7, 11) is 0. The molecule has 7 nitrogen and oxygen atoms in total. The molecule has 1 aromatic heterocycles. The molecule has 2 unspecified atom stereocenters. The Balaban J connectivity index is 2.42. The van der Waals surface area contributed by atoms with Crippen LogP contribution in [0.3, 0.4) is 0 Å². The summed E-state index contributed by atoms with van der Waals surface area (Å²) in [4.78, 5) is 14.9. The largest absolute Gasteiger partial charge is 0.383 e. The first-order valence-corrected chi connectivity index (χ1v) is 5.21. The molecule has 1 aromatic rings. The highest BCUT2D eigenvalue weighted by Gasteiger charge is 2.58. The van der Waals surface area contributed by atoms with Crippen LogP contribution < -0.4 is 22.9 Å². The smallest absolute Gasteiger partial charge is 0.351 e. The molecule has 18 heavy (non-hydrogen) atoms. The Labute approximate surface area is 101 Å². The van der Waals surface area contributed by atoms with Crippen LogP contribution in [0.1, 0.15) is 6.23 Å². The van der Waals surface area contributed by atoms with Crippen LogP contribution in [0.2, 0.25) is 0 Å². The van der Waals surface area contributed by atoms with E-state index in [4.69, 9.17) is 21.9 Å². The standard InChI is InChI=1S/C9H13F2N5O2/c10-9(11)6(14)4(3-12)18-7(9)16-2-1-5(13)15-8(16)17/h1-2,4,6-7H,3,12,14H2,(H2,13,15,17)/t4?,6-,7?/m1/s1. The number of halogens is 2. The predicted octanol–water partition coefficient (Wildman–Crippen LogP) is -1.36. The lowest BCUT2D eigenvalue weighted by atomic mass is 10.1. The number of nitrogens with two attached hydrogens (primary N) is 3. The van der Waals surface area contributed by atoms with Gasteiger partial charge >= 0.3 is 11.6 Å². The summed E-state index contributed by atoms with van der Waals surface area (Å²) in [6.45, 7) is -0.162. The van der Waals surface area contributed by atoms with E-state index in [1.165, 1.54) is 6.07 Å². The second kappa shape index (κ2) is 4.26. The Hall–Kier alpha value is -1.58. The van der Waals surface area contributed by atoms with Crippen LogP contribution in [0.5, 0.6) is 0 Å². The Morgan fingerprint density at radius 3 is 2.72 bits per heavy atom. The van der Waals surface area contributed by atoms with E-state index in [9.17, 15) is 13.6 Å². The molecular weight excluding hydrogens is 248 g/mol. The maximum Gasteiger partial charge on any atom is 0.351 e. The van der Waals surface area contributed by atoms with Crippen LogP contribution in [0.4, 0.5) is 14.6 Å². The highest BCUT2D eigenvalue weighted by atomic mass is 19.3. The van der Waals surface area contributed by atoms with Gasteiger partial charge in [-0.3, -0.25) is 4.57 Å². The van der Waals surface area contributed by atoms with Gasteiger partial charge < -0.3 is 21.9 Å². The molecule has 2 heterocycles. The van der Waals surface area contributed by atoms with E-state index < -0.39 is 30.0 Å². The van der Waals surface area contributed by atoms with Gasteiger partial charge in [-0.15, -0.1) is 0 Å². The van der Waals surface area contributed by atoms with Crippen LogP contribution in [-0.4, -0.2) is 34.2 Å². The lowest BCUT2D eigenvalue weighted by Crippen LogP contribution is -2.48. The zero-order valence-electron chi connectivity index (χ0n) is 9.29. The fourth-order valence-electron chi connectivity index (χ4n) is 1.81. The molecule has 1 fully saturated rings. The van der Waals surface area contributed by atoms with Crippen molar-refractivity contribution >= 4 is 5.82 Å². The third-order valence-corrected chi connectivity index (χ3v) is 2.81. The van der Waals surface area contributed by atoms with Crippen LogP contribution in [0, 0.1) is 0 Å². The second-order valence-corrected chi connectivity index (χ2v) is 4.01. The predicted molar refractivity (Wildman–Crippen MR) is 58.8 cm³/mol. The molecule has 100 valence electrons. The minimum absolute atomic E-state index is 0.0581. The third-order valence-electron chi connectivity index (χ3n) is 2.81. The maximum absolute atomic E-state index is 13.9. The number of nitrogen functional groups attached to an aromatic ring is 1. The summed E-state index contributed by atoms with van der Waals surface area (Å²) >= 11 is 0.